The lowest BCUT2D eigenvalue weighted by Gasteiger charge is -2.26. The van der Waals surface area contributed by atoms with Crippen LogP contribution in [0, 0.1) is 5.41 Å². The molecule has 1 N–H and O–H groups in total. The van der Waals surface area contributed by atoms with Gasteiger partial charge in [-0.25, -0.2) is 0 Å². The van der Waals surface area contributed by atoms with E-state index in [1.165, 1.54) is 12.8 Å². The molecule has 0 atom stereocenters. The summed E-state index contributed by atoms with van der Waals surface area (Å²) in [4.78, 5) is 0. The molecule has 1 saturated carbocycles. The molecule has 1 aliphatic carbocycles. The molecule has 3 rings (SSSR count). The van der Waals surface area contributed by atoms with E-state index in [4.69, 9.17) is 9.26 Å². The largest absolute Gasteiger partial charge is 0.492 e. The van der Waals surface area contributed by atoms with Crippen LogP contribution in [-0.2, 0) is 0 Å². The van der Waals surface area contributed by atoms with Crippen molar-refractivity contribution in [1.29, 1.82) is 0 Å². The molecule has 0 bridgehead atoms. The van der Waals surface area contributed by atoms with Crippen molar-refractivity contribution in [3.05, 3.63) is 24.4 Å². The van der Waals surface area contributed by atoms with Crippen LogP contribution in [-0.4, -0.2) is 23.5 Å². The summed E-state index contributed by atoms with van der Waals surface area (Å²) in [6, 6.07) is 5.68. The average Bonchev–Trinajstić information content (AvgIpc) is 3.06. The predicted molar refractivity (Wildman–Crippen MR) is 67.5 cm³/mol. The third kappa shape index (κ3) is 1.97. The van der Waals surface area contributed by atoms with Gasteiger partial charge in [-0.3, -0.25) is 0 Å². The van der Waals surface area contributed by atoms with E-state index in [9.17, 15) is 5.11 Å². The normalized spacial score (nSPS) is 18.3. The summed E-state index contributed by atoms with van der Waals surface area (Å²) in [5.41, 5.74) is 0.677. The fraction of sp³-hybridized carbons (Fsp3) is 0.500. The Balaban J connectivity index is 1.78. The predicted octanol–water partition coefficient (Wildman–Crippen LogP) is 2.76. The van der Waals surface area contributed by atoms with Gasteiger partial charge in [-0.15, -0.1) is 0 Å². The lowest BCUT2D eigenvalue weighted by atomic mass is 9.88. The molecular formula is C14H17NO3. The molecule has 2 aromatic rings. The Morgan fingerprint density at radius 3 is 2.94 bits per heavy atom. The van der Waals surface area contributed by atoms with E-state index < -0.39 is 0 Å². The molecule has 1 heterocycles. The molecule has 1 aromatic carbocycles. The molecule has 18 heavy (non-hydrogen) atoms. The third-order valence-electron chi connectivity index (χ3n) is 3.89. The fourth-order valence-corrected chi connectivity index (χ4v) is 2.70. The van der Waals surface area contributed by atoms with Gasteiger partial charge in [0.05, 0.1) is 24.8 Å². The van der Waals surface area contributed by atoms with Gasteiger partial charge in [0.15, 0.2) is 5.58 Å². The van der Waals surface area contributed by atoms with E-state index in [2.05, 4.69) is 5.16 Å². The lowest BCUT2D eigenvalue weighted by Crippen LogP contribution is -2.29. The first-order valence-corrected chi connectivity index (χ1v) is 6.40. The first-order valence-electron chi connectivity index (χ1n) is 6.40. The minimum absolute atomic E-state index is 0.0562. The minimum atomic E-state index is -0.0562. The summed E-state index contributed by atoms with van der Waals surface area (Å²) in [6.45, 7) is 0.764. The van der Waals surface area contributed by atoms with Crippen molar-refractivity contribution in [1.82, 2.24) is 5.16 Å². The molecular weight excluding hydrogens is 230 g/mol. The van der Waals surface area contributed by atoms with Gasteiger partial charge in [-0.05, 0) is 25.0 Å². The second-order valence-corrected chi connectivity index (χ2v) is 5.15. The van der Waals surface area contributed by atoms with Crippen molar-refractivity contribution < 1.29 is 14.4 Å². The van der Waals surface area contributed by atoms with Crippen LogP contribution < -0.4 is 4.74 Å². The molecule has 0 amide bonds. The highest BCUT2D eigenvalue weighted by molar-refractivity contribution is 5.82. The van der Waals surface area contributed by atoms with E-state index >= 15 is 0 Å². The smallest absolute Gasteiger partial charge is 0.170 e. The molecule has 1 aliphatic rings. The van der Waals surface area contributed by atoms with Crippen LogP contribution in [0.25, 0.3) is 11.0 Å². The molecule has 1 fully saturated rings. The highest BCUT2D eigenvalue weighted by atomic mass is 16.5. The third-order valence-corrected chi connectivity index (χ3v) is 3.89. The van der Waals surface area contributed by atoms with Crippen LogP contribution in [0.4, 0.5) is 0 Å². The molecule has 1 aromatic heterocycles. The highest BCUT2D eigenvalue weighted by Gasteiger charge is 2.34. The van der Waals surface area contributed by atoms with Crippen LogP contribution in [0.5, 0.6) is 5.75 Å². The monoisotopic (exact) mass is 247 g/mol. The van der Waals surface area contributed by atoms with Crippen LogP contribution in [0.3, 0.4) is 0 Å². The number of benzene rings is 1. The van der Waals surface area contributed by atoms with Gasteiger partial charge < -0.3 is 14.4 Å². The molecule has 0 spiro atoms. The number of hydrogen-bond donors (Lipinski definition) is 1. The fourth-order valence-electron chi connectivity index (χ4n) is 2.70. The Labute approximate surface area is 106 Å². The number of fused-ring (bicyclic) bond motifs is 1. The summed E-state index contributed by atoms with van der Waals surface area (Å²) < 4.78 is 11.0. The van der Waals surface area contributed by atoms with Gasteiger partial charge in [0.2, 0.25) is 0 Å². The average molecular weight is 247 g/mol. The summed E-state index contributed by atoms with van der Waals surface area (Å²) in [5, 5.41) is 14.2. The van der Waals surface area contributed by atoms with Crippen LogP contribution in [0.1, 0.15) is 25.7 Å². The Hall–Kier alpha value is -1.55. The first-order chi connectivity index (χ1) is 8.83. The van der Waals surface area contributed by atoms with Gasteiger partial charge >= 0.3 is 0 Å². The van der Waals surface area contributed by atoms with E-state index in [0.717, 1.165) is 29.6 Å². The number of nitrogens with zero attached hydrogens (tertiary/aromatic N) is 1. The second kappa shape index (κ2) is 4.61. The number of hydrogen-bond acceptors (Lipinski definition) is 4. The molecule has 4 heteroatoms. The second-order valence-electron chi connectivity index (χ2n) is 5.15. The van der Waals surface area contributed by atoms with Crippen molar-refractivity contribution in [2.45, 2.75) is 25.7 Å². The maximum absolute atomic E-state index is 9.56. The van der Waals surface area contributed by atoms with Crippen molar-refractivity contribution in [2.24, 2.45) is 5.41 Å². The summed E-state index contributed by atoms with van der Waals surface area (Å²) in [5.74, 6) is 0.786. The number of rotatable bonds is 4. The van der Waals surface area contributed by atoms with Crippen LogP contribution in [0.2, 0.25) is 0 Å². The summed E-state index contributed by atoms with van der Waals surface area (Å²) in [6.07, 6.45) is 6.12. The van der Waals surface area contributed by atoms with E-state index in [0.29, 0.717) is 6.61 Å². The maximum Gasteiger partial charge on any atom is 0.170 e. The molecule has 0 unspecified atom stereocenters. The van der Waals surface area contributed by atoms with Crippen molar-refractivity contribution in [2.75, 3.05) is 13.2 Å². The zero-order valence-corrected chi connectivity index (χ0v) is 10.3. The van der Waals surface area contributed by atoms with Crippen molar-refractivity contribution in [3.8, 4) is 5.75 Å². The van der Waals surface area contributed by atoms with Crippen LogP contribution in [0.15, 0.2) is 28.9 Å². The number of aliphatic hydroxyl groups is 1. The molecule has 0 saturated heterocycles. The zero-order valence-electron chi connectivity index (χ0n) is 10.3. The molecule has 96 valence electrons. The number of aliphatic hydroxyl groups excluding tert-OH is 1. The summed E-state index contributed by atoms with van der Waals surface area (Å²) in [7, 11) is 0. The highest BCUT2D eigenvalue weighted by Crippen LogP contribution is 2.38. The lowest BCUT2D eigenvalue weighted by molar-refractivity contribution is 0.0725. The van der Waals surface area contributed by atoms with E-state index in [1.54, 1.807) is 6.20 Å². The maximum atomic E-state index is 9.56. The topological polar surface area (TPSA) is 55.5 Å². The molecule has 0 radical (unpaired) electrons. The van der Waals surface area contributed by atoms with Crippen molar-refractivity contribution >= 4 is 11.0 Å². The zero-order chi connectivity index (χ0) is 12.4. The molecule has 4 nitrogen and oxygen atoms in total. The van der Waals surface area contributed by atoms with Crippen molar-refractivity contribution in [3.63, 3.8) is 0 Å². The van der Waals surface area contributed by atoms with Crippen LogP contribution >= 0.6 is 0 Å². The van der Waals surface area contributed by atoms with E-state index in [-0.39, 0.29) is 12.0 Å². The minimum Gasteiger partial charge on any atom is -0.492 e. The Bertz CT molecular complexity index is 529. The van der Waals surface area contributed by atoms with E-state index in [1.807, 2.05) is 18.2 Å². The standard InChI is InChI=1S/C14H17NO3/c16-9-14(6-1-2-7-14)10-17-12-4-3-5-13-11(12)8-15-18-13/h3-5,8,16H,1-2,6-7,9-10H2. The summed E-state index contributed by atoms with van der Waals surface area (Å²) >= 11 is 0. The number of ether oxygens (including phenoxy) is 1. The van der Waals surface area contributed by atoms with Gasteiger partial charge in [0.1, 0.15) is 5.75 Å². The molecule has 0 aliphatic heterocycles. The van der Waals surface area contributed by atoms with Gasteiger partial charge in [-0.1, -0.05) is 24.1 Å². The van der Waals surface area contributed by atoms with Gasteiger partial charge in [-0.2, -0.15) is 0 Å². The Morgan fingerprint density at radius 2 is 2.17 bits per heavy atom. The Morgan fingerprint density at radius 1 is 1.33 bits per heavy atom. The van der Waals surface area contributed by atoms with Gasteiger partial charge in [0, 0.05) is 5.41 Å². The Kier molecular flexibility index (Phi) is 2.96. The quantitative estimate of drug-likeness (QED) is 0.902. The number of aromatic nitrogens is 1. The van der Waals surface area contributed by atoms with Gasteiger partial charge in [0.25, 0.3) is 0 Å². The SMILES string of the molecule is OCC1(COc2cccc3oncc23)CCCC1. The first kappa shape index (κ1) is 11.5.